The van der Waals surface area contributed by atoms with Gasteiger partial charge in [0.1, 0.15) is 0 Å². The Morgan fingerprint density at radius 2 is 2.00 bits per heavy atom. The molecule has 0 spiro atoms. The molecule has 4 heteroatoms. The van der Waals surface area contributed by atoms with E-state index in [0.717, 1.165) is 32.5 Å². The number of carbonyl (C=O) groups is 1. The Kier molecular flexibility index (Phi) is 8.57. The molecule has 0 aromatic rings. The third-order valence-electron chi connectivity index (χ3n) is 1.87. The minimum Gasteiger partial charge on any atom is -0.355 e. The highest BCUT2D eigenvalue weighted by Crippen LogP contribution is 1.81. The molecule has 0 fully saturated rings. The van der Waals surface area contributed by atoms with Gasteiger partial charge < -0.3 is 15.5 Å². The molecule has 4 nitrogen and oxygen atoms in total. The van der Waals surface area contributed by atoms with Gasteiger partial charge >= 0.3 is 0 Å². The molecule has 0 atom stereocenters. The number of carbonyl (C=O) groups excluding carboxylic acids is 1. The van der Waals surface area contributed by atoms with Crippen LogP contribution in [-0.4, -0.2) is 51.1 Å². The van der Waals surface area contributed by atoms with E-state index in [4.69, 9.17) is 0 Å². The largest absolute Gasteiger partial charge is 0.355 e. The summed E-state index contributed by atoms with van der Waals surface area (Å²) in [7, 11) is 4.03. The van der Waals surface area contributed by atoms with Crippen molar-refractivity contribution in [3.63, 3.8) is 0 Å². The Bertz CT molecular complexity index is 148. The van der Waals surface area contributed by atoms with Crippen LogP contribution in [-0.2, 0) is 4.79 Å². The number of hydrogen-bond acceptors (Lipinski definition) is 3. The van der Waals surface area contributed by atoms with Gasteiger partial charge in [0.2, 0.25) is 5.91 Å². The Morgan fingerprint density at radius 3 is 2.57 bits per heavy atom. The lowest BCUT2D eigenvalue weighted by atomic mass is 10.3. The van der Waals surface area contributed by atoms with Crippen LogP contribution in [0.15, 0.2) is 0 Å². The van der Waals surface area contributed by atoms with Gasteiger partial charge in [-0.2, -0.15) is 0 Å². The Morgan fingerprint density at radius 1 is 1.29 bits per heavy atom. The van der Waals surface area contributed by atoms with Gasteiger partial charge in [0.25, 0.3) is 0 Å². The number of unbranched alkanes of at least 4 members (excludes halogenated alkanes) is 1. The third kappa shape index (κ3) is 9.48. The molecule has 0 saturated carbocycles. The summed E-state index contributed by atoms with van der Waals surface area (Å²) in [4.78, 5) is 13.3. The maximum absolute atomic E-state index is 11.2. The van der Waals surface area contributed by atoms with Crippen LogP contribution in [0.25, 0.3) is 0 Å². The minimum atomic E-state index is 0.0946. The van der Waals surface area contributed by atoms with Crippen LogP contribution in [0.2, 0.25) is 0 Å². The highest BCUT2D eigenvalue weighted by molar-refractivity contribution is 5.77. The van der Waals surface area contributed by atoms with Gasteiger partial charge in [0, 0.05) is 19.6 Å². The van der Waals surface area contributed by atoms with Crippen molar-refractivity contribution in [2.24, 2.45) is 0 Å². The minimum absolute atomic E-state index is 0.0946. The predicted octanol–water partition coefficient (Wildman–Crippen LogP) is 0.0539. The number of likely N-dealkylation sites (N-methyl/N-ethyl adjacent to an activating group) is 1. The molecule has 0 rings (SSSR count). The van der Waals surface area contributed by atoms with Gasteiger partial charge in [-0.15, -0.1) is 0 Å². The van der Waals surface area contributed by atoms with Crippen LogP contribution in [0.3, 0.4) is 0 Å². The van der Waals surface area contributed by atoms with Crippen LogP contribution in [0.1, 0.15) is 19.8 Å². The molecular weight excluding hydrogens is 178 g/mol. The van der Waals surface area contributed by atoms with Crippen molar-refractivity contribution >= 4 is 5.91 Å². The second-order valence-corrected chi connectivity index (χ2v) is 3.68. The number of rotatable bonds is 8. The van der Waals surface area contributed by atoms with E-state index in [1.807, 2.05) is 14.1 Å². The summed E-state index contributed by atoms with van der Waals surface area (Å²) in [6, 6.07) is 0. The Hall–Kier alpha value is -0.610. The van der Waals surface area contributed by atoms with Crippen LogP contribution < -0.4 is 10.6 Å². The second-order valence-electron chi connectivity index (χ2n) is 3.68. The van der Waals surface area contributed by atoms with Gasteiger partial charge in [0.15, 0.2) is 0 Å². The highest BCUT2D eigenvalue weighted by atomic mass is 16.1. The average molecular weight is 201 g/mol. The zero-order chi connectivity index (χ0) is 10.8. The van der Waals surface area contributed by atoms with E-state index >= 15 is 0 Å². The zero-order valence-corrected chi connectivity index (χ0v) is 9.60. The number of nitrogens with zero attached hydrogens (tertiary/aromatic N) is 1. The van der Waals surface area contributed by atoms with Crippen molar-refractivity contribution < 1.29 is 4.79 Å². The maximum Gasteiger partial charge on any atom is 0.233 e. The molecule has 0 heterocycles. The van der Waals surface area contributed by atoms with E-state index < -0.39 is 0 Å². The van der Waals surface area contributed by atoms with Crippen LogP contribution >= 0.6 is 0 Å². The highest BCUT2D eigenvalue weighted by Gasteiger charge is 1.98. The summed E-state index contributed by atoms with van der Waals surface area (Å²) in [5.41, 5.74) is 0. The van der Waals surface area contributed by atoms with Crippen LogP contribution in [0.4, 0.5) is 0 Å². The Labute approximate surface area is 87.0 Å². The van der Waals surface area contributed by atoms with Crippen molar-refractivity contribution in [3.05, 3.63) is 0 Å². The van der Waals surface area contributed by atoms with Crippen LogP contribution in [0.5, 0.6) is 0 Å². The average Bonchev–Trinajstić information content (AvgIpc) is 2.13. The molecule has 0 radical (unpaired) electrons. The van der Waals surface area contributed by atoms with Crippen molar-refractivity contribution in [1.29, 1.82) is 0 Å². The molecule has 2 N–H and O–H groups in total. The zero-order valence-electron chi connectivity index (χ0n) is 9.60. The molecule has 0 aliphatic carbocycles. The molecule has 14 heavy (non-hydrogen) atoms. The van der Waals surface area contributed by atoms with Crippen molar-refractivity contribution in [2.45, 2.75) is 19.8 Å². The molecule has 1 amide bonds. The number of amides is 1. The lowest BCUT2D eigenvalue weighted by molar-refractivity contribution is -0.120. The molecule has 84 valence electrons. The monoisotopic (exact) mass is 201 g/mol. The second kappa shape index (κ2) is 8.97. The molecule has 0 unspecified atom stereocenters. The third-order valence-corrected chi connectivity index (χ3v) is 1.87. The van der Waals surface area contributed by atoms with E-state index in [2.05, 4.69) is 22.5 Å². The number of hydrogen-bond donors (Lipinski definition) is 2. The quantitative estimate of drug-likeness (QED) is 0.546. The summed E-state index contributed by atoms with van der Waals surface area (Å²) in [6.07, 6.45) is 2.18. The fourth-order valence-corrected chi connectivity index (χ4v) is 0.972. The first-order valence-corrected chi connectivity index (χ1v) is 5.29. The molecule has 0 saturated heterocycles. The van der Waals surface area contributed by atoms with Crippen molar-refractivity contribution in [2.75, 3.05) is 40.3 Å². The van der Waals surface area contributed by atoms with E-state index in [0.29, 0.717) is 6.54 Å². The standard InChI is InChI=1S/C10H23N3O/c1-4-5-6-12-10(14)9-11-7-8-13(2)3/h11H,4-9H2,1-3H3,(H,12,14). The normalized spacial score (nSPS) is 10.6. The van der Waals surface area contributed by atoms with Crippen LogP contribution in [0, 0.1) is 0 Å². The number of nitrogens with one attached hydrogen (secondary N) is 2. The molecule has 0 bridgehead atoms. The smallest absolute Gasteiger partial charge is 0.233 e. The topological polar surface area (TPSA) is 44.4 Å². The van der Waals surface area contributed by atoms with Gasteiger partial charge in [-0.1, -0.05) is 13.3 Å². The first-order chi connectivity index (χ1) is 6.66. The summed E-state index contributed by atoms with van der Waals surface area (Å²) in [5.74, 6) is 0.0946. The van der Waals surface area contributed by atoms with Gasteiger partial charge in [-0.3, -0.25) is 4.79 Å². The van der Waals surface area contributed by atoms with Crippen molar-refractivity contribution in [3.8, 4) is 0 Å². The predicted molar refractivity (Wildman–Crippen MR) is 59.3 cm³/mol. The van der Waals surface area contributed by atoms with E-state index in [1.54, 1.807) is 0 Å². The summed E-state index contributed by atoms with van der Waals surface area (Å²) in [6.45, 7) is 5.15. The molecular formula is C10H23N3O. The first kappa shape index (κ1) is 13.4. The summed E-state index contributed by atoms with van der Waals surface area (Å²) >= 11 is 0. The van der Waals surface area contributed by atoms with E-state index in [1.165, 1.54) is 0 Å². The first-order valence-electron chi connectivity index (χ1n) is 5.29. The van der Waals surface area contributed by atoms with E-state index in [9.17, 15) is 4.79 Å². The van der Waals surface area contributed by atoms with Gasteiger partial charge in [0.05, 0.1) is 6.54 Å². The maximum atomic E-state index is 11.2. The lowest BCUT2D eigenvalue weighted by Gasteiger charge is -2.10. The van der Waals surface area contributed by atoms with Gasteiger partial charge in [-0.05, 0) is 20.5 Å². The SMILES string of the molecule is CCCCNC(=O)CNCCN(C)C. The fraction of sp³-hybridized carbons (Fsp3) is 0.900. The Balaban J connectivity index is 3.18. The lowest BCUT2D eigenvalue weighted by Crippen LogP contribution is -2.37. The fourth-order valence-electron chi connectivity index (χ4n) is 0.972. The summed E-state index contributed by atoms with van der Waals surface area (Å²) in [5, 5.41) is 5.95. The molecule has 0 aromatic heterocycles. The summed E-state index contributed by atoms with van der Waals surface area (Å²) < 4.78 is 0. The molecule has 0 aromatic carbocycles. The molecule has 0 aliphatic heterocycles. The van der Waals surface area contributed by atoms with Gasteiger partial charge in [-0.25, -0.2) is 0 Å². The molecule has 0 aliphatic rings. The van der Waals surface area contributed by atoms with E-state index in [-0.39, 0.29) is 5.91 Å². The van der Waals surface area contributed by atoms with Crippen molar-refractivity contribution in [1.82, 2.24) is 15.5 Å².